The fourth-order valence-electron chi connectivity index (χ4n) is 2.87. The van der Waals surface area contributed by atoms with Gasteiger partial charge in [-0.05, 0) is 37.3 Å². The van der Waals surface area contributed by atoms with Gasteiger partial charge in [0, 0.05) is 38.2 Å². The number of carbonyl (C=O) groups excluding carboxylic acids is 2. The number of para-hydroxylation sites is 1. The minimum absolute atomic E-state index is 0. The molecular weight excluding hydrogens is 326 g/mol. The first-order valence-electron chi connectivity index (χ1n) is 8.54. The Kier molecular flexibility index (Phi) is 9.23. The van der Waals surface area contributed by atoms with Crippen LogP contribution < -0.4 is 11.1 Å². The molecule has 0 spiro atoms. The van der Waals surface area contributed by atoms with E-state index >= 15 is 0 Å². The molecule has 2 rings (SSSR count). The van der Waals surface area contributed by atoms with Gasteiger partial charge in [0.15, 0.2) is 0 Å². The Morgan fingerprint density at radius 1 is 1.21 bits per heavy atom. The summed E-state index contributed by atoms with van der Waals surface area (Å²) >= 11 is 0. The summed E-state index contributed by atoms with van der Waals surface area (Å²) in [6.45, 7) is 2.22. The van der Waals surface area contributed by atoms with E-state index in [2.05, 4.69) is 5.32 Å². The monoisotopic (exact) mass is 353 g/mol. The molecule has 0 unspecified atom stereocenters. The second-order valence-corrected chi connectivity index (χ2v) is 6.09. The van der Waals surface area contributed by atoms with E-state index < -0.39 is 0 Å². The van der Waals surface area contributed by atoms with E-state index in [-0.39, 0.29) is 24.2 Å². The van der Waals surface area contributed by atoms with Crippen LogP contribution in [0.2, 0.25) is 0 Å². The number of hydrogen-bond acceptors (Lipinski definition) is 3. The maximum Gasteiger partial charge on any atom is 0.222 e. The number of aryl methyl sites for hydroxylation is 1. The highest BCUT2D eigenvalue weighted by atomic mass is 35.5. The van der Waals surface area contributed by atoms with Crippen molar-refractivity contribution >= 4 is 29.9 Å². The Labute approximate surface area is 150 Å². The molecular formula is C18H28ClN3O2. The van der Waals surface area contributed by atoms with Crippen molar-refractivity contribution in [3.63, 3.8) is 0 Å². The number of halogens is 1. The number of nitrogens with zero attached hydrogens (tertiary/aromatic N) is 1. The number of amides is 2. The molecule has 1 heterocycles. The van der Waals surface area contributed by atoms with Crippen LogP contribution in [-0.2, 0) is 16.0 Å². The molecule has 24 heavy (non-hydrogen) atoms. The smallest absolute Gasteiger partial charge is 0.222 e. The van der Waals surface area contributed by atoms with Crippen LogP contribution in [0.4, 0.5) is 5.69 Å². The van der Waals surface area contributed by atoms with Crippen LogP contribution in [-0.4, -0.2) is 36.3 Å². The number of nitrogens with two attached hydrogens (primary N) is 1. The number of nitrogens with one attached hydrogen (secondary N) is 1. The molecule has 5 nitrogen and oxygen atoms in total. The second kappa shape index (κ2) is 10.9. The van der Waals surface area contributed by atoms with Gasteiger partial charge in [0.2, 0.25) is 11.8 Å². The number of hydrogen-bond donors (Lipinski definition) is 2. The van der Waals surface area contributed by atoms with Crippen molar-refractivity contribution in [2.45, 2.75) is 44.9 Å². The fourth-order valence-corrected chi connectivity index (χ4v) is 2.87. The Hall–Kier alpha value is -1.75. The maximum absolute atomic E-state index is 11.9. The SMILES string of the molecule is Cl.Nc1ccccc1CCC(=O)NCCCN1CCCCCC1=O. The number of carbonyl (C=O) groups is 2. The van der Waals surface area contributed by atoms with Gasteiger partial charge < -0.3 is 16.0 Å². The minimum Gasteiger partial charge on any atom is -0.399 e. The van der Waals surface area contributed by atoms with Gasteiger partial charge in [-0.15, -0.1) is 12.4 Å². The lowest BCUT2D eigenvalue weighted by molar-refractivity contribution is -0.130. The summed E-state index contributed by atoms with van der Waals surface area (Å²) in [4.78, 5) is 25.7. The van der Waals surface area contributed by atoms with Gasteiger partial charge >= 0.3 is 0 Å². The predicted molar refractivity (Wildman–Crippen MR) is 99.1 cm³/mol. The van der Waals surface area contributed by atoms with Gasteiger partial charge in [-0.3, -0.25) is 9.59 Å². The van der Waals surface area contributed by atoms with Crippen LogP contribution >= 0.6 is 12.4 Å². The third-order valence-corrected chi connectivity index (χ3v) is 4.27. The Morgan fingerprint density at radius 3 is 2.79 bits per heavy atom. The molecule has 1 aromatic rings. The van der Waals surface area contributed by atoms with Crippen molar-refractivity contribution in [1.82, 2.24) is 10.2 Å². The van der Waals surface area contributed by atoms with E-state index in [1.165, 1.54) is 0 Å². The van der Waals surface area contributed by atoms with Crippen molar-refractivity contribution in [3.8, 4) is 0 Å². The van der Waals surface area contributed by atoms with E-state index in [1.807, 2.05) is 29.2 Å². The first-order chi connectivity index (χ1) is 11.2. The molecule has 1 aromatic carbocycles. The molecule has 2 amide bonds. The van der Waals surface area contributed by atoms with Gasteiger partial charge in [0.1, 0.15) is 0 Å². The maximum atomic E-state index is 11.9. The van der Waals surface area contributed by atoms with Gasteiger partial charge in [-0.2, -0.15) is 0 Å². The van der Waals surface area contributed by atoms with Gasteiger partial charge in [-0.1, -0.05) is 24.6 Å². The van der Waals surface area contributed by atoms with Crippen molar-refractivity contribution in [1.29, 1.82) is 0 Å². The molecule has 0 atom stereocenters. The van der Waals surface area contributed by atoms with Crippen LogP contribution in [0.5, 0.6) is 0 Å². The summed E-state index contributed by atoms with van der Waals surface area (Å²) in [6, 6.07) is 7.63. The zero-order valence-corrected chi connectivity index (χ0v) is 14.9. The first kappa shape index (κ1) is 20.3. The first-order valence-corrected chi connectivity index (χ1v) is 8.54. The highest BCUT2D eigenvalue weighted by molar-refractivity contribution is 5.85. The Bertz CT molecular complexity index is 537. The van der Waals surface area contributed by atoms with E-state index in [1.54, 1.807) is 0 Å². The van der Waals surface area contributed by atoms with Crippen LogP contribution in [0.15, 0.2) is 24.3 Å². The van der Waals surface area contributed by atoms with Crippen molar-refractivity contribution in [2.24, 2.45) is 0 Å². The van der Waals surface area contributed by atoms with Crippen molar-refractivity contribution in [2.75, 3.05) is 25.4 Å². The van der Waals surface area contributed by atoms with Crippen molar-refractivity contribution < 1.29 is 9.59 Å². The largest absolute Gasteiger partial charge is 0.399 e. The lowest BCUT2D eigenvalue weighted by Gasteiger charge is -2.20. The second-order valence-electron chi connectivity index (χ2n) is 6.09. The van der Waals surface area contributed by atoms with Gasteiger partial charge in [0.05, 0.1) is 0 Å². The molecule has 1 fully saturated rings. The topological polar surface area (TPSA) is 75.4 Å². The minimum atomic E-state index is 0. The quantitative estimate of drug-likeness (QED) is 0.584. The highest BCUT2D eigenvalue weighted by Gasteiger charge is 2.15. The molecule has 1 aliphatic heterocycles. The fraction of sp³-hybridized carbons (Fsp3) is 0.556. The zero-order chi connectivity index (χ0) is 16.5. The van der Waals surface area contributed by atoms with E-state index in [0.29, 0.717) is 25.8 Å². The van der Waals surface area contributed by atoms with Crippen LogP contribution in [0, 0.1) is 0 Å². The molecule has 134 valence electrons. The van der Waals surface area contributed by atoms with E-state index in [9.17, 15) is 9.59 Å². The van der Waals surface area contributed by atoms with Gasteiger partial charge in [-0.25, -0.2) is 0 Å². The molecule has 1 saturated heterocycles. The summed E-state index contributed by atoms with van der Waals surface area (Å²) < 4.78 is 0. The average molecular weight is 354 g/mol. The van der Waals surface area contributed by atoms with Crippen LogP contribution in [0.25, 0.3) is 0 Å². The molecule has 0 aliphatic carbocycles. The highest BCUT2D eigenvalue weighted by Crippen LogP contribution is 2.13. The molecule has 3 N–H and O–H groups in total. The third kappa shape index (κ3) is 6.79. The molecule has 1 aliphatic rings. The van der Waals surface area contributed by atoms with Crippen molar-refractivity contribution in [3.05, 3.63) is 29.8 Å². The Balaban J connectivity index is 0.00000288. The number of likely N-dealkylation sites (tertiary alicyclic amines) is 1. The van der Waals surface area contributed by atoms with Crippen LogP contribution in [0.3, 0.4) is 0 Å². The summed E-state index contributed by atoms with van der Waals surface area (Å²) in [5, 5.41) is 2.92. The predicted octanol–water partition coefficient (Wildman–Crippen LogP) is 2.53. The Morgan fingerprint density at radius 2 is 2.00 bits per heavy atom. The number of benzene rings is 1. The molecule has 0 aromatic heterocycles. The lowest BCUT2D eigenvalue weighted by Crippen LogP contribution is -2.34. The summed E-state index contributed by atoms with van der Waals surface area (Å²) in [5.41, 5.74) is 7.62. The molecule has 0 saturated carbocycles. The number of anilines is 1. The zero-order valence-electron chi connectivity index (χ0n) is 14.1. The third-order valence-electron chi connectivity index (χ3n) is 4.27. The number of rotatable bonds is 7. The molecule has 6 heteroatoms. The van der Waals surface area contributed by atoms with Gasteiger partial charge in [0.25, 0.3) is 0 Å². The standard InChI is InChI=1S/C18H27N3O2.ClH/c19-16-8-4-3-7-15(16)10-11-17(22)20-12-6-14-21-13-5-1-2-9-18(21)23;/h3-4,7-8H,1-2,5-6,9-14,19H2,(H,20,22);1H. The summed E-state index contributed by atoms with van der Waals surface area (Å²) in [7, 11) is 0. The molecule has 0 radical (unpaired) electrons. The molecule has 0 bridgehead atoms. The number of nitrogen functional groups attached to an aromatic ring is 1. The van der Waals surface area contributed by atoms with E-state index in [0.717, 1.165) is 50.0 Å². The summed E-state index contributed by atoms with van der Waals surface area (Å²) in [6.07, 6.45) is 5.82. The normalized spacial score (nSPS) is 14.7. The average Bonchev–Trinajstić information content (AvgIpc) is 2.75. The summed E-state index contributed by atoms with van der Waals surface area (Å²) in [5.74, 6) is 0.295. The lowest BCUT2D eigenvalue weighted by atomic mass is 10.1. The van der Waals surface area contributed by atoms with E-state index in [4.69, 9.17) is 5.73 Å². The van der Waals surface area contributed by atoms with Crippen LogP contribution in [0.1, 0.15) is 44.1 Å².